The second-order valence-corrected chi connectivity index (χ2v) is 4.63. The number of hydrogen-bond acceptors (Lipinski definition) is 6. The Morgan fingerprint density at radius 3 is 0.643 bits per heavy atom. The van der Waals surface area contributed by atoms with E-state index in [-0.39, 0.29) is 118 Å². The molecule has 0 aliphatic carbocycles. The molecule has 0 bridgehead atoms. The van der Waals surface area contributed by atoms with E-state index in [1.54, 1.807) is 0 Å². The summed E-state index contributed by atoms with van der Waals surface area (Å²) in [4.78, 5) is 36.4. The van der Waals surface area contributed by atoms with Gasteiger partial charge in [0, 0.05) is 0 Å². The summed E-state index contributed by atoms with van der Waals surface area (Å²) in [5, 5.41) is 0. The van der Waals surface area contributed by atoms with Gasteiger partial charge in [0.25, 0.3) is 0 Å². The first-order valence-corrected chi connectivity index (χ1v) is 5.97. The Hall–Kier alpha value is 4.30. The second kappa shape index (κ2) is 17.3. The third-order valence-electron chi connectivity index (χ3n) is 0. The van der Waals surface area contributed by atoms with Crippen LogP contribution in [0.25, 0.3) is 0 Å². The Labute approximate surface area is 172 Å². The zero-order chi connectivity index (χ0) is 9.00. The standard InChI is InChI=1S/2CH5O3P.4Na/c2*1-5(2,3)4;;;;/h2*1H3,(H2,2,3,4);;;;/q;;4*+1/p-4. The summed E-state index contributed by atoms with van der Waals surface area (Å²) in [6, 6.07) is 0. The van der Waals surface area contributed by atoms with Gasteiger partial charge in [-0.3, -0.25) is 0 Å². The molecular formula is C2H6Na4O6P2. The Morgan fingerprint density at radius 1 is 0.643 bits per heavy atom. The van der Waals surface area contributed by atoms with Crippen LogP contribution >= 0.6 is 15.2 Å². The van der Waals surface area contributed by atoms with Crippen molar-refractivity contribution in [1.82, 2.24) is 0 Å². The van der Waals surface area contributed by atoms with Crippen LogP contribution < -0.4 is 138 Å². The Bertz CT molecular complexity index is 138. The van der Waals surface area contributed by atoms with Crippen molar-refractivity contribution in [2.45, 2.75) is 0 Å². The molecule has 0 saturated heterocycles. The van der Waals surface area contributed by atoms with Crippen molar-refractivity contribution >= 4 is 15.2 Å². The minimum absolute atomic E-state index is 0. The first-order valence-electron chi connectivity index (χ1n) is 1.99. The third kappa shape index (κ3) is 206. The minimum Gasteiger partial charge on any atom is -0.811 e. The number of hydrogen-bond donors (Lipinski definition) is 0. The maximum atomic E-state index is 9.10. The monoisotopic (exact) mass is 280 g/mol. The van der Waals surface area contributed by atoms with E-state index in [9.17, 15) is 0 Å². The molecule has 6 nitrogen and oxygen atoms in total. The summed E-state index contributed by atoms with van der Waals surface area (Å²) < 4.78 is 18.2. The van der Waals surface area contributed by atoms with Crippen LogP contribution in [0.15, 0.2) is 0 Å². The van der Waals surface area contributed by atoms with Gasteiger partial charge in [0.2, 0.25) is 0 Å². The van der Waals surface area contributed by atoms with Gasteiger partial charge in [-0.25, -0.2) is 0 Å². The molecule has 0 heterocycles. The van der Waals surface area contributed by atoms with Crippen LogP contribution in [0.4, 0.5) is 0 Å². The Morgan fingerprint density at radius 2 is 0.643 bits per heavy atom. The molecule has 0 aliphatic rings. The quantitative estimate of drug-likeness (QED) is 0.320. The molecule has 0 saturated carbocycles. The maximum Gasteiger partial charge on any atom is 1.00 e. The summed E-state index contributed by atoms with van der Waals surface area (Å²) >= 11 is 0. The van der Waals surface area contributed by atoms with E-state index in [4.69, 9.17) is 28.7 Å². The summed E-state index contributed by atoms with van der Waals surface area (Å²) in [6.45, 7) is 1.26. The summed E-state index contributed by atoms with van der Waals surface area (Å²) in [5.74, 6) is 0. The van der Waals surface area contributed by atoms with Crippen molar-refractivity contribution in [3.8, 4) is 0 Å². The molecule has 0 aromatic heterocycles. The van der Waals surface area contributed by atoms with Crippen LogP contribution in [0.2, 0.25) is 0 Å². The third-order valence-corrected chi connectivity index (χ3v) is 0. The zero-order valence-corrected chi connectivity index (χ0v) is 19.1. The molecule has 0 aromatic carbocycles. The van der Waals surface area contributed by atoms with E-state index >= 15 is 0 Å². The van der Waals surface area contributed by atoms with E-state index in [0.717, 1.165) is 0 Å². The van der Waals surface area contributed by atoms with Crippen LogP contribution in [0.1, 0.15) is 0 Å². The van der Waals surface area contributed by atoms with Crippen molar-refractivity contribution in [1.29, 1.82) is 0 Å². The second-order valence-electron chi connectivity index (χ2n) is 1.54. The Kier molecular flexibility index (Phi) is 44.7. The molecule has 0 aromatic rings. The van der Waals surface area contributed by atoms with Crippen LogP contribution in [-0.2, 0) is 9.13 Å². The van der Waals surface area contributed by atoms with Crippen LogP contribution in [0, 0.1) is 0 Å². The van der Waals surface area contributed by atoms with Gasteiger partial charge in [0.1, 0.15) is 0 Å². The molecule has 64 valence electrons. The minimum atomic E-state index is -4.14. The van der Waals surface area contributed by atoms with Gasteiger partial charge in [-0.15, -0.1) is 0 Å². The molecule has 14 heavy (non-hydrogen) atoms. The van der Waals surface area contributed by atoms with Crippen molar-refractivity contribution in [3.05, 3.63) is 0 Å². The largest absolute Gasteiger partial charge is 1.00 e. The predicted molar refractivity (Wildman–Crippen MR) is 27.1 cm³/mol. The van der Waals surface area contributed by atoms with Gasteiger partial charge in [-0.05, 0) is 13.3 Å². The maximum absolute atomic E-state index is 9.10. The molecule has 0 unspecified atom stereocenters. The van der Waals surface area contributed by atoms with Crippen molar-refractivity contribution in [2.75, 3.05) is 13.3 Å². The fraction of sp³-hybridized carbons (Fsp3) is 1.00. The smallest absolute Gasteiger partial charge is 0.811 e. The summed E-state index contributed by atoms with van der Waals surface area (Å²) in [6.07, 6.45) is 0. The van der Waals surface area contributed by atoms with Crippen molar-refractivity contribution in [2.24, 2.45) is 0 Å². The molecule has 0 rings (SSSR count). The topological polar surface area (TPSA) is 126 Å². The molecule has 0 spiro atoms. The fourth-order valence-corrected chi connectivity index (χ4v) is 0. The Balaban J connectivity index is -0.0000000178. The predicted octanol–water partition coefficient (Wildman–Crippen LogP) is -14.9. The molecule has 0 aliphatic heterocycles. The molecular weight excluding hydrogens is 274 g/mol. The van der Waals surface area contributed by atoms with Crippen LogP contribution in [0.5, 0.6) is 0 Å². The summed E-state index contributed by atoms with van der Waals surface area (Å²) in [7, 11) is -8.28. The van der Waals surface area contributed by atoms with E-state index in [2.05, 4.69) is 0 Å². The average Bonchev–Trinajstić information content (AvgIpc) is 1.12. The SMILES string of the molecule is CP(=O)([O-])[O-].CP(=O)([O-])[O-].[Na+].[Na+].[Na+].[Na+]. The van der Waals surface area contributed by atoms with E-state index in [1.165, 1.54) is 0 Å². The zero-order valence-electron chi connectivity index (χ0n) is 9.34. The number of rotatable bonds is 0. The van der Waals surface area contributed by atoms with Gasteiger partial charge in [0.15, 0.2) is 0 Å². The fourth-order valence-electron chi connectivity index (χ4n) is 0. The van der Waals surface area contributed by atoms with Gasteiger partial charge >= 0.3 is 118 Å². The van der Waals surface area contributed by atoms with Crippen molar-refractivity contribution < 1.29 is 147 Å². The van der Waals surface area contributed by atoms with Crippen molar-refractivity contribution in [3.63, 3.8) is 0 Å². The molecule has 0 radical (unpaired) electrons. The van der Waals surface area contributed by atoms with Crippen LogP contribution in [0.3, 0.4) is 0 Å². The first-order chi connectivity index (χ1) is 4.00. The van der Waals surface area contributed by atoms with Gasteiger partial charge < -0.3 is 28.7 Å². The first kappa shape index (κ1) is 36.2. The molecule has 0 amide bonds. The van der Waals surface area contributed by atoms with E-state index < -0.39 is 15.2 Å². The normalized spacial score (nSPS) is 8.43. The molecule has 0 atom stereocenters. The van der Waals surface area contributed by atoms with E-state index in [0.29, 0.717) is 13.3 Å². The van der Waals surface area contributed by atoms with E-state index in [1.807, 2.05) is 0 Å². The molecule has 0 N–H and O–H groups in total. The molecule has 12 heteroatoms. The average molecular weight is 280 g/mol. The summed E-state index contributed by atoms with van der Waals surface area (Å²) in [5.41, 5.74) is 0. The van der Waals surface area contributed by atoms with Gasteiger partial charge in [-0.1, -0.05) is 15.2 Å². The van der Waals surface area contributed by atoms with Gasteiger partial charge in [0.05, 0.1) is 0 Å². The molecule has 0 fully saturated rings. The van der Waals surface area contributed by atoms with Gasteiger partial charge in [-0.2, -0.15) is 0 Å². The van der Waals surface area contributed by atoms with Crippen LogP contribution in [-0.4, -0.2) is 13.3 Å².